The quantitative estimate of drug-likeness (QED) is 0.706. The molecule has 0 amide bonds. The molecule has 2 aromatic rings. The number of nitriles is 1. The zero-order valence-corrected chi connectivity index (χ0v) is 8.61. The van der Waals surface area contributed by atoms with E-state index in [1.165, 1.54) is 0 Å². The van der Waals surface area contributed by atoms with Crippen LogP contribution in [-0.4, -0.2) is 12.1 Å². The molecule has 3 heteroatoms. The van der Waals surface area contributed by atoms with Gasteiger partial charge in [-0.3, -0.25) is 4.98 Å². The Hall–Kier alpha value is -2.08. The van der Waals surface area contributed by atoms with Crippen LogP contribution in [0.25, 0.3) is 10.8 Å². The molecule has 0 fully saturated rings. The first-order chi connectivity index (χ1) is 7.26. The topological polar surface area (TPSA) is 45.9 Å². The lowest BCUT2D eigenvalue weighted by Crippen LogP contribution is -1.90. The number of methoxy groups -OCH3 is 1. The van der Waals surface area contributed by atoms with Gasteiger partial charge in [0.2, 0.25) is 0 Å². The Morgan fingerprint density at radius 2 is 2.07 bits per heavy atom. The van der Waals surface area contributed by atoms with Gasteiger partial charge < -0.3 is 4.74 Å². The van der Waals surface area contributed by atoms with Crippen molar-refractivity contribution in [3.05, 3.63) is 35.7 Å². The molecule has 74 valence electrons. The van der Waals surface area contributed by atoms with Crippen molar-refractivity contribution < 1.29 is 4.74 Å². The summed E-state index contributed by atoms with van der Waals surface area (Å²) in [6, 6.07) is 6.04. The maximum absolute atomic E-state index is 8.96. The Kier molecular flexibility index (Phi) is 2.26. The number of pyridine rings is 1. The van der Waals surface area contributed by atoms with Crippen LogP contribution in [-0.2, 0) is 0 Å². The van der Waals surface area contributed by atoms with E-state index in [0.717, 1.165) is 22.1 Å². The summed E-state index contributed by atoms with van der Waals surface area (Å²) in [4.78, 5) is 4.02. The van der Waals surface area contributed by atoms with Gasteiger partial charge in [0.05, 0.1) is 12.7 Å². The first kappa shape index (κ1) is 9.47. The Morgan fingerprint density at radius 3 is 2.73 bits per heavy atom. The Bertz CT molecular complexity index is 555. The first-order valence-corrected chi connectivity index (χ1v) is 4.58. The van der Waals surface area contributed by atoms with Crippen LogP contribution < -0.4 is 4.74 Å². The highest BCUT2D eigenvalue weighted by atomic mass is 16.5. The number of rotatable bonds is 1. The molecule has 0 unspecified atom stereocenters. The first-order valence-electron chi connectivity index (χ1n) is 4.58. The molecule has 0 saturated carbocycles. The van der Waals surface area contributed by atoms with Crippen LogP contribution >= 0.6 is 0 Å². The largest absolute Gasteiger partial charge is 0.496 e. The van der Waals surface area contributed by atoms with E-state index in [2.05, 4.69) is 11.1 Å². The number of nitrogens with zero attached hydrogens (tertiary/aromatic N) is 2. The van der Waals surface area contributed by atoms with Gasteiger partial charge in [-0.2, -0.15) is 5.26 Å². The third-order valence-electron chi connectivity index (χ3n) is 2.32. The molecule has 0 aliphatic carbocycles. The predicted octanol–water partition coefficient (Wildman–Crippen LogP) is 2.42. The fourth-order valence-electron chi connectivity index (χ4n) is 1.63. The van der Waals surface area contributed by atoms with Crippen molar-refractivity contribution in [2.24, 2.45) is 0 Å². The van der Waals surface area contributed by atoms with E-state index in [1.54, 1.807) is 19.5 Å². The molecule has 0 spiro atoms. The zero-order valence-electron chi connectivity index (χ0n) is 8.61. The summed E-state index contributed by atoms with van der Waals surface area (Å²) in [7, 11) is 1.62. The average Bonchev–Trinajstić information content (AvgIpc) is 2.27. The summed E-state index contributed by atoms with van der Waals surface area (Å²) in [6.45, 7) is 1.98. The maximum atomic E-state index is 8.96. The van der Waals surface area contributed by atoms with Crippen molar-refractivity contribution in [1.82, 2.24) is 4.98 Å². The average molecular weight is 198 g/mol. The summed E-state index contributed by atoms with van der Waals surface area (Å²) in [5.74, 6) is 0.759. The summed E-state index contributed by atoms with van der Waals surface area (Å²) >= 11 is 0. The number of ether oxygens (including phenoxy) is 1. The van der Waals surface area contributed by atoms with Crippen molar-refractivity contribution >= 4 is 10.8 Å². The zero-order chi connectivity index (χ0) is 10.8. The lowest BCUT2D eigenvalue weighted by atomic mass is 10.1. The van der Waals surface area contributed by atoms with Crippen LogP contribution in [0.1, 0.15) is 11.1 Å². The van der Waals surface area contributed by atoms with E-state index in [1.807, 2.05) is 19.1 Å². The molecule has 0 atom stereocenters. The van der Waals surface area contributed by atoms with Gasteiger partial charge in [0.15, 0.2) is 0 Å². The minimum absolute atomic E-state index is 0.578. The highest BCUT2D eigenvalue weighted by Gasteiger charge is 2.06. The van der Waals surface area contributed by atoms with Gasteiger partial charge in [0.25, 0.3) is 0 Å². The van der Waals surface area contributed by atoms with Crippen molar-refractivity contribution in [2.75, 3.05) is 7.11 Å². The van der Waals surface area contributed by atoms with E-state index in [9.17, 15) is 0 Å². The second-order valence-electron chi connectivity index (χ2n) is 3.36. The summed E-state index contributed by atoms with van der Waals surface area (Å²) < 4.78 is 5.26. The summed E-state index contributed by atoms with van der Waals surface area (Å²) in [5.41, 5.74) is 1.65. The molecule has 0 aliphatic rings. The molecule has 0 radical (unpaired) electrons. The fraction of sp³-hybridized carbons (Fsp3) is 0.167. The SMILES string of the molecule is COc1cc(C)cc2c(C#N)cncc12. The van der Waals surface area contributed by atoms with Gasteiger partial charge in [-0.1, -0.05) is 0 Å². The molecule has 0 saturated heterocycles. The van der Waals surface area contributed by atoms with Crippen molar-refractivity contribution in [3.8, 4) is 11.8 Å². The molecule has 0 bridgehead atoms. The van der Waals surface area contributed by atoms with E-state index in [-0.39, 0.29) is 0 Å². The molecule has 0 N–H and O–H groups in total. The Morgan fingerprint density at radius 1 is 1.27 bits per heavy atom. The highest BCUT2D eigenvalue weighted by Crippen LogP contribution is 2.28. The molecule has 15 heavy (non-hydrogen) atoms. The predicted molar refractivity (Wildman–Crippen MR) is 57.7 cm³/mol. The third-order valence-corrected chi connectivity index (χ3v) is 2.32. The molecular formula is C12H10N2O. The minimum atomic E-state index is 0.578. The number of aromatic nitrogens is 1. The number of fused-ring (bicyclic) bond motifs is 1. The molecule has 2 rings (SSSR count). The number of aryl methyl sites for hydroxylation is 1. The number of hydrogen-bond donors (Lipinski definition) is 0. The van der Waals surface area contributed by atoms with Gasteiger partial charge in [0, 0.05) is 23.2 Å². The normalized spacial score (nSPS) is 9.93. The van der Waals surface area contributed by atoms with Crippen molar-refractivity contribution in [3.63, 3.8) is 0 Å². The van der Waals surface area contributed by atoms with E-state index in [4.69, 9.17) is 10.00 Å². The van der Waals surface area contributed by atoms with Gasteiger partial charge >= 0.3 is 0 Å². The van der Waals surface area contributed by atoms with Crippen LogP contribution in [0.3, 0.4) is 0 Å². The van der Waals surface area contributed by atoms with Gasteiger partial charge in [-0.15, -0.1) is 0 Å². The molecule has 1 aromatic heterocycles. The van der Waals surface area contributed by atoms with E-state index >= 15 is 0 Å². The molecular weight excluding hydrogens is 188 g/mol. The number of hydrogen-bond acceptors (Lipinski definition) is 3. The molecule has 3 nitrogen and oxygen atoms in total. The van der Waals surface area contributed by atoms with E-state index in [0.29, 0.717) is 5.56 Å². The lowest BCUT2D eigenvalue weighted by molar-refractivity contribution is 0.419. The second kappa shape index (κ2) is 3.58. The molecule has 0 aliphatic heterocycles. The van der Waals surface area contributed by atoms with Gasteiger partial charge in [0.1, 0.15) is 11.8 Å². The Balaban J connectivity index is 2.90. The molecule has 1 aromatic carbocycles. The Labute approximate surface area is 87.9 Å². The molecule has 1 heterocycles. The van der Waals surface area contributed by atoms with Crippen molar-refractivity contribution in [1.29, 1.82) is 5.26 Å². The summed E-state index contributed by atoms with van der Waals surface area (Å²) in [6.07, 6.45) is 3.29. The smallest absolute Gasteiger partial charge is 0.128 e. The lowest BCUT2D eigenvalue weighted by Gasteiger charge is -2.07. The monoisotopic (exact) mass is 198 g/mol. The van der Waals surface area contributed by atoms with E-state index < -0.39 is 0 Å². The van der Waals surface area contributed by atoms with Gasteiger partial charge in [-0.05, 0) is 24.6 Å². The maximum Gasteiger partial charge on any atom is 0.128 e. The van der Waals surface area contributed by atoms with Crippen LogP contribution in [0.15, 0.2) is 24.5 Å². The highest BCUT2D eigenvalue weighted by molar-refractivity contribution is 5.92. The third kappa shape index (κ3) is 1.50. The standard InChI is InChI=1S/C12H10N2O/c1-8-3-10-9(5-13)6-14-7-11(10)12(4-8)15-2/h3-4,6-7H,1-2H3. The van der Waals surface area contributed by atoms with Crippen molar-refractivity contribution in [2.45, 2.75) is 6.92 Å². The van der Waals surface area contributed by atoms with Gasteiger partial charge in [-0.25, -0.2) is 0 Å². The van der Waals surface area contributed by atoms with Crippen LogP contribution in [0, 0.1) is 18.3 Å². The second-order valence-corrected chi connectivity index (χ2v) is 3.36. The minimum Gasteiger partial charge on any atom is -0.496 e. The number of benzene rings is 1. The van der Waals surface area contributed by atoms with Crippen LogP contribution in [0.5, 0.6) is 5.75 Å². The fourth-order valence-corrected chi connectivity index (χ4v) is 1.63. The van der Waals surface area contributed by atoms with Crippen LogP contribution in [0.4, 0.5) is 0 Å². The van der Waals surface area contributed by atoms with Crippen LogP contribution in [0.2, 0.25) is 0 Å². The summed E-state index contributed by atoms with van der Waals surface area (Å²) in [5, 5.41) is 10.7.